The van der Waals surface area contributed by atoms with E-state index in [0.29, 0.717) is 5.75 Å². The zero-order valence-electron chi connectivity index (χ0n) is 11.5. The number of sulfone groups is 1. The van der Waals surface area contributed by atoms with Gasteiger partial charge in [0.25, 0.3) is 0 Å². The van der Waals surface area contributed by atoms with Crippen LogP contribution in [0.3, 0.4) is 0 Å². The van der Waals surface area contributed by atoms with E-state index in [9.17, 15) is 8.42 Å². The van der Waals surface area contributed by atoms with Gasteiger partial charge in [0.05, 0.1) is 11.5 Å². The van der Waals surface area contributed by atoms with Crippen LogP contribution in [0.2, 0.25) is 0 Å². The van der Waals surface area contributed by atoms with Gasteiger partial charge >= 0.3 is 0 Å². The van der Waals surface area contributed by atoms with E-state index in [1.54, 1.807) is 0 Å². The lowest BCUT2D eigenvalue weighted by Crippen LogP contribution is -2.32. The molecule has 2 unspecified atom stereocenters. The van der Waals surface area contributed by atoms with Gasteiger partial charge in [-0.2, -0.15) is 0 Å². The van der Waals surface area contributed by atoms with Crippen LogP contribution in [0, 0.1) is 0 Å². The molecule has 1 fully saturated rings. The third-order valence-corrected chi connectivity index (χ3v) is 5.41. The number of hydrogen-bond donors (Lipinski definition) is 1. The van der Waals surface area contributed by atoms with E-state index < -0.39 is 9.84 Å². The maximum Gasteiger partial charge on any atom is 0.152 e. The molecule has 4 nitrogen and oxygen atoms in total. The first kappa shape index (κ1) is 14.3. The molecule has 0 spiro atoms. The van der Waals surface area contributed by atoms with Crippen molar-refractivity contribution in [3.8, 4) is 0 Å². The Bertz CT molecular complexity index is 523. The summed E-state index contributed by atoms with van der Waals surface area (Å²) in [4.78, 5) is 2.07. The smallest absolute Gasteiger partial charge is 0.152 e. The number of benzene rings is 1. The predicted octanol–water partition coefficient (Wildman–Crippen LogP) is 1.20. The molecule has 1 saturated heterocycles. The lowest BCUT2D eigenvalue weighted by Gasteiger charge is -2.25. The quantitative estimate of drug-likeness (QED) is 0.901. The number of nitrogens with two attached hydrogens (primary N) is 1. The Morgan fingerprint density at radius 3 is 2.47 bits per heavy atom. The van der Waals surface area contributed by atoms with Crippen molar-refractivity contribution in [3.63, 3.8) is 0 Å². The SMILES string of the molecule is CC(N)Cc1ccc(N(C)C2CCS(=O)(=O)C2)cc1. The van der Waals surface area contributed by atoms with E-state index in [0.717, 1.165) is 18.5 Å². The van der Waals surface area contributed by atoms with E-state index in [1.807, 2.05) is 26.1 Å². The molecule has 19 heavy (non-hydrogen) atoms. The van der Waals surface area contributed by atoms with Crippen LogP contribution < -0.4 is 10.6 Å². The van der Waals surface area contributed by atoms with Crippen molar-refractivity contribution in [1.29, 1.82) is 0 Å². The van der Waals surface area contributed by atoms with Crippen molar-refractivity contribution >= 4 is 15.5 Å². The fourth-order valence-corrected chi connectivity index (χ4v) is 4.30. The Hall–Kier alpha value is -1.07. The van der Waals surface area contributed by atoms with Crippen LogP contribution in [0.15, 0.2) is 24.3 Å². The monoisotopic (exact) mass is 282 g/mol. The topological polar surface area (TPSA) is 63.4 Å². The zero-order chi connectivity index (χ0) is 14.0. The summed E-state index contributed by atoms with van der Waals surface area (Å²) in [6.45, 7) is 1.99. The van der Waals surface area contributed by atoms with Gasteiger partial charge < -0.3 is 10.6 Å². The molecule has 1 aliphatic rings. The fraction of sp³-hybridized carbons (Fsp3) is 0.571. The van der Waals surface area contributed by atoms with Crippen molar-refractivity contribution in [2.24, 2.45) is 5.73 Å². The first-order valence-corrected chi connectivity index (χ1v) is 8.47. The van der Waals surface area contributed by atoms with Gasteiger partial charge in [-0.15, -0.1) is 0 Å². The average molecular weight is 282 g/mol. The van der Waals surface area contributed by atoms with Crippen LogP contribution in [-0.2, 0) is 16.3 Å². The lowest BCUT2D eigenvalue weighted by molar-refractivity contribution is 0.601. The minimum atomic E-state index is -2.83. The first-order valence-electron chi connectivity index (χ1n) is 6.65. The minimum Gasteiger partial charge on any atom is -0.371 e. The zero-order valence-corrected chi connectivity index (χ0v) is 12.4. The van der Waals surface area contributed by atoms with Gasteiger partial charge in [-0.25, -0.2) is 8.42 Å². The molecule has 0 bridgehead atoms. The number of anilines is 1. The molecular formula is C14H22N2O2S. The Balaban J connectivity index is 2.06. The molecule has 0 saturated carbocycles. The van der Waals surface area contributed by atoms with Gasteiger partial charge in [0, 0.05) is 24.8 Å². The fourth-order valence-electron chi connectivity index (χ4n) is 2.53. The molecule has 5 heteroatoms. The van der Waals surface area contributed by atoms with Crippen molar-refractivity contribution in [2.45, 2.75) is 31.8 Å². The second kappa shape index (κ2) is 5.51. The van der Waals surface area contributed by atoms with Crippen molar-refractivity contribution in [1.82, 2.24) is 0 Å². The molecule has 1 aromatic rings. The molecule has 2 N–H and O–H groups in total. The maximum atomic E-state index is 11.5. The molecule has 2 atom stereocenters. The number of rotatable bonds is 4. The molecule has 0 amide bonds. The number of hydrogen-bond acceptors (Lipinski definition) is 4. The Labute approximate surface area is 115 Å². The molecular weight excluding hydrogens is 260 g/mol. The molecule has 0 aliphatic carbocycles. The first-order chi connectivity index (χ1) is 8.87. The van der Waals surface area contributed by atoms with Gasteiger partial charge in [0.2, 0.25) is 0 Å². The largest absolute Gasteiger partial charge is 0.371 e. The van der Waals surface area contributed by atoms with Crippen LogP contribution in [-0.4, -0.2) is 39.1 Å². The summed E-state index contributed by atoms with van der Waals surface area (Å²) >= 11 is 0. The van der Waals surface area contributed by atoms with Crippen LogP contribution in [0.25, 0.3) is 0 Å². The highest BCUT2D eigenvalue weighted by atomic mass is 32.2. The molecule has 0 aromatic heterocycles. The van der Waals surface area contributed by atoms with Crippen LogP contribution in [0.5, 0.6) is 0 Å². The highest BCUT2D eigenvalue weighted by molar-refractivity contribution is 7.91. The van der Waals surface area contributed by atoms with E-state index in [2.05, 4.69) is 17.0 Å². The van der Waals surface area contributed by atoms with Gasteiger partial charge in [0.15, 0.2) is 9.84 Å². The van der Waals surface area contributed by atoms with Gasteiger partial charge in [-0.1, -0.05) is 12.1 Å². The summed E-state index contributed by atoms with van der Waals surface area (Å²) in [5, 5.41) is 0. The second-order valence-electron chi connectivity index (χ2n) is 5.52. The maximum absolute atomic E-state index is 11.5. The summed E-state index contributed by atoms with van der Waals surface area (Å²) in [5.74, 6) is 0.579. The van der Waals surface area contributed by atoms with Crippen molar-refractivity contribution in [2.75, 3.05) is 23.5 Å². The second-order valence-corrected chi connectivity index (χ2v) is 7.74. The van der Waals surface area contributed by atoms with Gasteiger partial charge in [-0.05, 0) is 37.5 Å². The normalized spacial score (nSPS) is 23.2. The standard InChI is InChI=1S/C14H22N2O2S/c1-11(15)9-12-3-5-13(6-4-12)16(2)14-7-8-19(17,18)10-14/h3-6,11,14H,7-10,15H2,1-2H3. The summed E-state index contributed by atoms with van der Waals surface area (Å²) in [5.41, 5.74) is 8.05. The van der Waals surface area contributed by atoms with Crippen molar-refractivity contribution in [3.05, 3.63) is 29.8 Å². The van der Waals surface area contributed by atoms with Crippen LogP contribution >= 0.6 is 0 Å². The van der Waals surface area contributed by atoms with Crippen LogP contribution in [0.1, 0.15) is 18.9 Å². The average Bonchev–Trinajstić information content (AvgIpc) is 2.69. The highest BCUT2D eigenvalue weighted by Gasteiger charge is 2.30. The van der Waals surface area contributed by atoms with Crippen molar-refractivity contribution < 1.29 is 8.42 Å². The van der Waals surface area contributed by atoms with E-state index in [-0.39, 0.29) is 17.8 Å². The van der Waals surface area contributed by atoms with Crippen LogP contribution in [0.4, 0.5) is 5.69 Å². The molecule has 1 heterocycles. The lowest BCUT2D eigenvalue weighted by atomic mass is 10.1. The third-order valence-electron chi connectivity index (χ3n) is 3.66. The Morgan fingerprint density at radius 1 is 1.37 bits per heavy atom. The molecule has 1 aliphatic heterocycles. The van der Waals surface area contributed by atoms with Gasteiger partial charge in [-0.3, -0.25) is 0 Å². The van der Waals surface area contributed by atoms with E-state index in [4.69, 9.17) is 5.73 Å². The molecule has 0 radical (unpaired) electrons. The van der Waals surface area contributed by atoms with Gasteiger partial charge in [0.1, 0.15) is 0 Å². The summed E-state index contributed by atoms with van der Waals surface area (Å²) in [6.07, 6.45) is 1.59. The Kier molecular flexibility index (Phi) is 4.16. The van der Waals surface area contributed by atoms with E-state index in [1.165, 1.54) is 5.56 Å². The van der Waals surface area contributed by atoms with E-state index >= 15 is 0 Å². The summed E-state index contributed by atoms with van der Waals surface area (Å²) in [7, 11) is -0.866. The minimum absolute atomic E-state index is 0.101. The predicted molar refractivity (Wildman–Crippen MR) is 79.3 cm³/mol. The summed E-state index contributed by atoms with van der Waals surface area (Å²) < 4.78 is 23.0. The number of nitrogens with zero attached hydrogens (tertiary/aromatic N) is 1. The third kappa shape index (κ3) is 3.70. The summed E-state index contributed by atoms with van der Waals surface area (Å²) in [6, 6.07) is 8.48. The highest BCUT2D eigenvalue weighted by Crippen LogP contribution is 2.23. The Morgan fingerprint density at radius 2 is 2.00 bits per heavy atom. The molecule has 2 rings (SSSR count). The molecule has 1 aromatic carbocycles. The molecule has 106 valence electrons.